The average molecular weight is 295 g/mol. The second kappa shape index (κ2) is 8.35. The summed E-state index contributed by atoms with van der Waals surface area (Å²) in [6.07, 6.45) is 1.01. The third kappa shape index (κ3) is 5.34. The van der Waals surface area contributed by atoms with Crippen molar-refractivity contribution < 1.29 is 19.1 Å². The van der Waals surface area contributed by atoms with E-state index in [1.807, 2.05) is 0 Å². The molecule has 1 unspecified atom stereocenters. The minimum Gasteiger partial charge on any atom is -0.466 e. The molecule has 1 fully saturated rings. The Labute approximate surface area is 119 Å². The van der Waals surface area contributed by atoms with Gasteiger partial charge in [0, 0.05) is 19.8 Å². The average Bonchev–Trinajstić information content (AvgIpc) is 2.36. The van der Waals surface area contributed by atoms with Crippen LogP contribution < -0.4 is 11.1 Å². The summed E-state index contributed by atoms with van der Waals surface area (Å²) in [7, 11) is 0. The highest BCUT2D eigenvalue weighted by molar-refractivity contribution is 5.86. The van der Waals surface area contributed by atoms with Gasteiger partial charge in [0.05, 0.1) is 18.1 Å². The molecule has 1 saturated heterocycles. The normalized spacial score (nSPS) is 18.9. The first kappa shape index (κ1) is 18.1. The van der Waals surface area contributed by atoms with E-state index >= 15 is 0 Å². The number of nitrogens with one attached hydrogen (secondary N) is 1. The second-order valence-corrected chi connectivity index (χ2v) is 4.63. The third-order valence-electron chi connectivity index (χ3n) is 3.10. The fraction of sp³-hybridized carbons (Fsp3) is 0.833. The van der Waals surface area contributed by atoms with Crippen LogP contribution in [-0.2, 0) is 19.1 Å². The highest BCUT2D eigenvalue weighted by atomic mass is 35.5. The number of rotatable bonds is 5. The van der Waals surface area contributed by atoms with Crippen molar-refractivity contribution in [2.45, 2.75) is 32.2 Å². The van der Waals surface area contributed by atoms with Gasteiger partial charge < -0.3 is 20.5 Å². The van der Waals surface area contributed by atoms with Crippen LogP contribution in [0.25, 0.3) is 0 Å². The lowest BCUT2D eigenvalue weighted by molar-refractivity contribution is -0.147. The SMILES string of the molecule is CCOC(=O)C(C)CNC(=O)C1(N)CCOCC1.Cl. The van der Waals surface area contributed by atoms with Crippen LogP contribution in [0.1, 0.15) is 26.7 Å². The van der Waals surface area contributed by atoms with Crippen LogP contribution in [-0.4, -0.2) is 43.8 Å². The summed E-state index contributed by atoms with van der Waals surface area (Å²) < 4.78 is 10.0. The molecule has 0 bridgehead atoms. The van der Waals surface area contributed by atoms with Gasteiger partial charge in [-0.15, -0.1) is 12.4 Å². The summed E-state index contributed by atoms with van der Waals surface area (Å²) >= 11 is 0. The molecule has 1 heterocycles. The lowest BCUT2D eigenvalue weighted by Gasteiger charge is -2.32. The van der Waals surface area contributed by atoms with Gasteiger partial charge in [0.15, 0.2) is 0 Å². The molecule has 1 rings (SSSR count). The fourth-order valence-electron chi connectivity index (χ4n) is 1.75. The van der Waals surface area contributed by atoms with Gasteiger partial charge in [-0.3, -0.25) is 9.59 Å². The second-order valence-electron chi connectivity index (χ2n) is 4.63. The van der Waals surface area contributed by atoms with E-state index in [1.165, 1.54) is 0 Å². The van der Waals surface area contributed by atoms with Crippen molar-refractivity contribution >= 4 is 24.3 Å². The summed E-state index contributed by atoms with van der Waals surface area (Å²) in [5, 5.41) is 2.71. The van der Waals surface area contributed by atoms with Crippen LogP contribution in [0.15, 0.2) is 0 Å². The number of amides is 1. The molecule has 0 aromatic heterocycles. The topological polar surface area (TPSA) is 90.7 Å². The van der Waals surface area contributed by atoms with Crippen LogP contribution in [0.4, 0.5) is 0 Å². The first-order valence-electron chi connectivity index (χ1n) is 6.31. The molecule has 7 heteroatoms. The molecule has 0 spiro atoms. The van der Waals surface area contributed by atoms with E-state index in [4.69, 9.17) is 15.2 Å². The summed E-state index contributed by atoms with van der Waals surface area (Å²) in [6.45, 7) is 5.05. The number of hydrogen-bond acceptors (Lipinski definition) is 5. The van der Waals surface area contributed by atoms with Crippen LogP contribution in [0.2, 0.25) is 0 Å². The zero-order valence-electron chi connectivity index (χ0n) is 11.4. The first-order valence-corrected chi connectivity index (χ1v) is 6.31. The Kier molecular flexibility index (Phi) is 7.97. The predicted molar refractivity (Wildman–Crippen MR) is 73.0 cm³/mol. The van der Waals surface area contributed by atoms with Gasteiger partial charge in [-0.05, 0) is 19.8 Å². The summed E-state index contributed by atoms with van der Waals surface area (Å²) in [5.74, 6) is -0.893. The maximum absolute atomic E-state index is 12.0. The molecule has 1 amide bonds. The largest absolute Gasteiger partial charge is 0.466 e. The molecule has 0 aromatic carbocycles. The standard InChI is InChI=1S/C12H22N2O4.ClH/c1-3-18-10(15)9(2)8-14-11(16)12(13)4-6-17-7-5-12;/h9H,3-8,13H2,1-2H3,(H,14,16);1H. The van der Waals surface area contributed by atoms with E-state index in [2.05, 4.69) is 5.32 Å². The molecule has 1 aliphatic rings. The van der Waals surface area contributed by atoms with Crippen LogP contribution in [0, 0.1) is 5.92 Å². The lowest BCUT2D eigenvalue weighted by atomic mass is 9.90. The van der Waals surface area contributed by atoms with E-state index in [1.54, 1.807) is 13.8 Å². The Morgan fingerprint density at radius 2 is 2.00 bits per heavy atom. The summed E-state index contributed by atoms with van der Waals surface area (Å²) in [4.78, 5) is 23.3. The zero-order valence-corrected chi connectivity index (χ0v) is 12.3. The number of hydrogen-bond donors (Lipinski definition) is 2. The number of esters is 1. The third-order valence-corrected chi connectivity index (χ3v) is 3.10. The molecule has 0 aromatic rings. The minimum atomic E-state index is -0.868. The number of ether oxygens (including phenoxy) is 2. The van der Waals surface area contributed by atoms with Crippen molar-refractivity contribution in [3.05, 3.63) is 0 Å². The Hall–Kier alpha value is -0.850. The van der Waals surface area contributed by atoms with Gasteiger partial charge in [-0.2, -0.15) is 0 Å². The van der Waals surface area contributed by atoms with E-state index < -0.39 is 5.54 Å². The van der Waals surface area contributed by atoms with E-state index in [9.17, 15) is 9.59 Å². The highest BCUT2D eigenvalue weighted by Crippen LogP contribution is 2.17. The van der Waals surface area contributed by atoms with Crippen molar-refractivity contribution in [2.75, 3.05) is 26.4 Å². The van der Waals surface area contributed by atoms with Gasteiger partial charge in [0.1, 0.15) is 0 Å². The van der Waals surface area contributed by atoms with E-state index in [0.29, 0.717) is 32.7 Å². The Balaban J connectivity index is 0.00000324. The van der Waals surface area contributed by atoms with E-state index in [0.717, 1.165) is 0 Å². The van der Waals surface area contributed by atoms with Crippen LogP contribution >= 0.6 is 12.4 Å². The lowest BCUT2D eigenvalue weighted by Crippen LogP contribution is -2.57. The van der Waals surface area contributed by atoms with Gasteiger partial charge >= 0.3 is 5.97 Å². The molecular weight excluding hydrogens is 272 g/mol. The van der Waals surface area contributed by atoms with Gasteiger partial charge in [0.25, 0.3) is 0 Å². The maximum atomic E-state index is 12.0. The molecule has 0 aliphatic carbocycles. The monoisotopic (exact) mass is 294 g/mol. The fourth-order valence-corrected chi connectivity index (χ4v) is 1.75. The molecule has 1 aliphatic heterocycles. The number of nitrogens with two attached hydrogens (primary N) is 1. The molecule has 0 saturated carbocycles. The summed E-state index contributed by atoms with van der Waals surface area (Å²) in [6, 6.07) is 0. The molecule has 0 radical (unpaired) electrons. The first-order chi connectivity index (χ1) is 8.49. The Morgan fingerprint density at radius 3 is 2.53 bits per heavy atom. The minimum absolute atomic E-state index is 0. The maximum Gasteiger partial charge on any atom is 0.310 e. The molecule has 3 N–H and O–H groups in total. The van der Waals surface area contributed by atoms with Crippen LogP contribution in [0.5, 0.6) is 0 Å². The van der Waals surface area contributed by atoms with Gasteiger partial charge in [-0.25, -0.2) is 0 Å². The van der Waals surface area contributed by atoms with Crippen molar-refractivity contribution in [3.63, 3.8) is 0 Å². The zero-order chi connectivity index (χ0) is 13.6. The summed E-state index contributed by atoms with van der Waals surface area (Å²) in [5.41, 5.74) is 5.15. The van der Waals surface area contributed by atoms with E-state index in [-0.39, 0.29) is 36.7 Å². The number of carbonyl (C=O) groups excluding carboxylic acids is 2. The van der Waals surface area contributed by atoms with Crippen molar-refractivity contribution in [2.24, 2.45) is 11.7 Å². The van der Waals surface area contributed by atoms with Gasteiger partial charge in [0.2, 0.25) is 5.91 Å². The molecule has 6 nitrogen and oxygen atoms in total. The molecule has 1 atom stereocenters. The smallest absolute Gasteiger partial charge is 0.310 e. The Bertz CT molecular complexity index is 306. The quantitative estimate of drug-likeness (QED) is 0.709. The van der Waals surface area contributed by atoms with Crippen LogP contribution in [0.3, 0.4) is 0 Å². The molecular formula is C12H23ClN2O4. The van der Waals surface area contributed by atoms with Gasteiger partial charge in [-0.1, -0.05) is 6.92 Å². The number of halogens is 1. The highest BCUT2D eigenvalue weighted by Gasteiger charge is 2.36. The van der Waals surface area contributed by atoms with Crippen molar-refractivity contribution in [1.82, 2.24) is 5.32 Å². The number of carbonyl (C=O) groups is 2. The van der Waals surface area contributed by atoms with Crippen molar-refractivity contribution in [3.8, 4) is 0 Å². The molecule has 19 heavy (non-hydrogen) atoms. The Morgan fingerprint density at radius 1 is 1.42 bits per heavy atom. The molecule has 112 valence electrons. The van der Waals surface area contributed by atoms with Crippen molar-refractivity contribution in [1.29, 1.82) is 0 Å². The predicted octanol–water partition coefficient (Wildman–Crippen LogP) is 0.232.